The number of halogens is 1. The lowest BCUT2D eigenvalue weighted by molar-refractivity contribution is 0.0746. The Balaban J connectivity index is 1.36. The van der Waals surface area contributed by atoms with Crippen molar-refractivity contribution in [3.63, 3.8) is 0 Å². The predicted molar refractivity (Wildman–Crippen MR) is 113 cm³/mol. The summed E-state index contributed by atoms with van der Waals surface area (Å²) in [4.78, 5) is 16.7. The first-order valence-corrected chi connectivity index (χ1v) is 10.0. The van der Waals surface area contributed by atoms with Crippen LogP contribution in [0.4, 0.5) is 10.2 Å². The number of hydrogen-bond acceptors (Lipinski definition) is 5. The van der Waals surface area contributed by atoms with Crippen LogP contribution in [0, 0.1) is 5.82 Å². The molecule has 30 heavy (non-hydrogen) atoms. The maximum absolute atomic E-state index is 13.1. The first-order valence-electron chi connectivity index (χ1n) is 10.0. The first kappa shape index (κ1) is 19.8. The van der Waals surface area contributed by atoms with Crippen molar-refractivity contribution in [2.75, 3.05) is 37.7 Å². The Hall–Kier alpha value is -3.48. The number of amides is 1. The smallest absolute Gasteiger partial charge is 0.253 e. The monoisotopic (exact) mass is 406 g/mol. The number of anilines is 1. The van der Waals surface area contributed by atoms with Crippen LogP contribution in [0.25, 0.3) is 11.3 Å². The summed E-state index contributed by atoms with van der Waals surface area (Å²) < 4.78 is 18.5. The number of piperazine rings is 1. The number of hydrogen-bond donors (Lipinski definition) is 0. The Bertz CT molecular complexity index is 983. The molecule has 0 bridgehead atoms. The van der Waals surface area contributed by atoms with Gasteiger partial charge in [-0.3, -0.25) is 4.79 Å². The summed E-state index contributed by atoms with van der Waals surface area (Å²) in [6, 6.07) is 17.2. The van der Waals surface area contributed by atoms with Gasteiger partial charge in [0.15, 0.2) is 5.82 Å². The molecule has 0 unspecified atom stereocenters. The zero-order valence-electron chi connectivity index (χ0n) is 16.8. The third-order valence-electron chi connectivity index (χ3n) is 5.09. The van der Waals surface area contributed by atoms with Gasteiger partial charge in [-0.25, -0.2) is 4.39 Å². The summed E-state index contributed by atoms with van der Waals surface area (Å²) in [5, 5.41) is 8.59. The van der Waals surface area contributed by atoms with Crippen molar-refractivity contribution in [3.05, 3.63) is 72.0 Å². The fraction of sp³-hybridized carbons (Fsp3) is 0.261. The standard InChI is InChI=1S/C23H23FN4O2/c1-2-30-20-9-5-18(6-10-20)23(29)28-15-13-27(14-16-28)22-12-11-21(25-26-22)17-3-7-19(24)8-4-17/h3-12H,2,13-16H2,1H3. The zero-order valence-corrected chi connectivity index (χ0v) is 16.8. The van der Waals surface area contributed by atoms with Crippen LogP contribution in [0.5, 0.6) is 5.75 Å². The molecular weight excluding hydrogens is 383 g/mol. The molecule has 154 valence electrons. The van der Waals surface area contributed by atoms with E-state index >= 15 is 0 Å². The van der Waals surface area contributed by atoms with Gasteiger partial charge >= 0.3 is 0 Å². The lowest BCUT2D eigenvalue weighted by atomic mass is 10.1. The fourth-order valence-corrected chi connectivity index (χ4v) is 3.45. The third-order valence-corrected chi connectivity index (χ3v) is 5.09. The van der Waals surface area contributed by atoms with E-state index in [1.807, 2.05) is 36.1 Å². The molecule has 1 aromatic heterocycles. The molecule has 2 aromatic carbocycles. The molecule has 1 amide bonds. The molecule has 0 saturated carbocycles. The van der Waals surface area contributed by atoms with Gasteiger partial charge in [0.2, 0.25) is 0 Å². The van der Waals surface area contributed by atoms with Crippen LogP contribution < -0.4 is 9.64 Å². The van der Waals surface area contributed by atoms with Gasteiger partial charge in [-0.05, 0) is 67.6 Å². The van der Waals surface area contributed by atoms with Crippen LogP contribution in [-0.4, -0.2) is 53.8 Å². The van der Waals surface area contributed by atoms with E-state index in [1.54, 1.807) is 24.3 Å². The number of ether oxygens (including phenoxy) is 1. The van der Waals surface area contributed by atoms with Gasteiger partial charge < -0.3 is 14.5 Å². The Morgan fingerprint density at radius 2 is 1.63 bits per heavy atom. The van der Waals surface area contributed by atoms with E-state index in [2.05, 4.69) is 15.1 Å². The van der Waals surface area contributed by atoms with E-state index < -0.39 is 0 Å². The Kier molecular flexibility index (Phi) is 5.88. The molecule has 3 aromatic rings. The molecule has 1 aliphatic rings. The molecule has 1 saturated heterocycles. The van der Waals surface area contributed by atoms with Crippen molar-refractivity contribution in [3.8, 4) is 17.0 Å². The van der Waals surface area contributed by atoms with E-state index in [4.69, 9.17) is 4.74 Å². The maximum Gasteiger partial charge on any atom is 0.253 e. The Labute approximate surface area is 174 Å². The van der Waals surface area contributed by atoms with Gasteiger partial charge in [0.1, 0.15) is 11.6 Å². The third kappa shape index (κ3) is 4.40. The van der Waals surface area contributed by atoms with Gasteiger partial charge in [0.25, 0.3) is 5.91 Å². The maximum atomic E-state index is 13.1. The molecule has 0 atom stereocenters. The molecular formula is C23H23FN4O2. The fourth-order valence-electron chi connectivity index (χ4n) is 3.45. The highest BCUT2D eigenvalue weighted by Gasteiger charge is 2.23. The number of nitrogens with zero attached hydrogens (tertiary/aromatic N) is 4. The van der Waals surface area contributed by atoms with Gasteiger partial charge in [0, 0.05) is 37.3 Å². The quantitative estimate of drug-likeness (QED) is 0.647. The number of carbonyl (C=O) groups is 1. The molecule has 0 aliphatic carbocycles. The normalized spacial score (nSPS) is 13.9. The van der Waals surface area contributed by atoms with Gasteiger partial charge in [-0.2, -0.15) is 0 Å². The zero-order chi connectivity index (χ0) is 20.9. The minimum atomic E-state index is -0.277. The lowest BCUT2D eigenvalue weighted by Gasteiger charge is -2.35. The van der Waals surface area contributed by atoms with Crippen molar-refractivity contribution in [2.45, 2.75) is 6.92 Å². The average Bonchev–Trinajstić information content (AvgIpc) is 2.80. The van der Waals surface area contributed by atoms with Crippen molar-refractivity contribution in [2.24, 2.45) is 0 Å². The van der Waals surface area contributed by atoms with E-state index in [0.717, 1.165) is 17.1 Å². The summed E-state index contributed by atoms with van der Waals surface area (Å²) in [5.41, 5.74) is 2.18. The number of carbonyl (C=O) groups excluding carboxylic acids is 1. The highest BCUT2D eigenvalue weighted by atomic mass is 19.1. The summed E-state index contributed by atoms with van der Waals surface area (Å²) in [7, 11) is 0. The van der Waals surface area contributed by atoms with Gasteiger partial charge in [-0.15, -0.1) is 10.2 Å². The minimum absolute atomic E-state index is 0.0236. The Morgan fingerprint density at radius 1 is 0.933 bits per heavy atom. The first-order chi connectivity index (χ1) is 14.6. The minimum Gasteiger partial charge on any atom is -0.494 e. The van der Waals surface area contributed by atoms with E-state index in [-0.39, 0.29) is 11.7 Å². The molecule has 4 rings (SSSR count). The summed E-state index contributed by atoms with van der Waals surface area (Å²) >= 11 is 0. The average molecular weight is 406 g/mol. The second kappa shape index (κ2) is 8.90. The number of rotatable bonds is 5. The molecule has 0 N–H and O–H groups in total. The van der Waals surface area contributed by atoms with Crippen LogP contribution in [0.3, 0.4) is 0 Å². The lowest BCUT2D eigenvalue weighted by Crippen LogP contribution is -2.49. The van der Waals surface area contributed by atoms with E-state index in [1.165, 1.54) is 12.1 Å². The highest BCUT2D eigenvalue weighted by molar-refractivity contribution is 5.94. The topological polar surface area (TPSA) is 58.6 Å². The van der Waals surface area contributed by atoms with E-state index in [0.29, 0.717) is 44.0 Å². The largest absolute Gasteiger partial charge is 0.494 e. The van der Waals surface area contributed by atoms with Gasteiger partial charge in [0.05, 0.1) is 12.3 Å². The number of benzene rings is 2. The molecule has 2 heterocycles. The molecule has 0 radical (unpaired) electrons. The summed E-state index contributed by atoms with van der Waals surface area (Å²) in [6.45, 7) is 5.14. The molecule has 1 fully saturated rings. The predicted octanol–water partition coefficient (Wildman–Crippen LogP) is 3.64. The highest BCUT2D eigenvalue weighted by Crippen LogP contribution is 2.20. The molecule has 6 nitrogen and oxygen atoms in total. The van der Waals surface area contributed by atoms with Crippen molar-refractivity contribution >= 4 is 11.7 Å². The van der Waals surface area contributed by atoms with Crippen LogP contribution >= 0.6 is 0 Å². The molecule has 7 heteroatoms. The Morgan fingerprint density at radius 3 is 2.23 bits per heavy atom. The summed E-state index contributed by atoms with van der Waals surface area (Å²) in [5.74, 6) is 1.28. The van der Waals surface area contributed by atoms with Crippen LogP contribution in [0.2, 0.25) is 0 Å². The number of aromatic nitrogens is 2. The second-order valence-corrected chi connectivity index (χ2v) is 7.02. The SMILES string of the molecule is CCOc1ccc(C(=O)N2CCN(c3ccc(-c4ccc(F)cc4)nn3)CC2)cc1. The molecule has 0 spiro atoms. The van der Waals surface area contributed by atoms with Crippen LogP contribution in [-0.2, 0) is 0 Å². The van der Waals surface area contributed by atoms with Crippen molar-refractivity contribution < 1.29 is 13.9 Å². The van der Waals surface area contributed by atoms with Crippen molar-refractivity contribution in [1.82, 2.24) is 15.1 Å². The summed E-state index contributed by atoms with van der Waals surface area (Å²) in [6.07, 6.45) is 0. The van der Waals surface area contributed by atoms with E-state index in [9.17, 15) is 9.18 Å². The van der Waals surface area contributed by atoms with Crippen molar-refractivity contribution in [1.29, 1.82) is 0 Å². The van der Waals surface area contributed by atoms with Gasteiger partial charge in [-0.1, -0.05) is 0 Å². The van der Waals surface area contributed by atoms with Crippen LogP contribution in [0.15, 0.2) is 60.7 Å². The van der Waals surface area contributed by atoms with Crippen LogP contribution in [0.1, 0.15) is 17.3 Å². The second-order valence-electron chi connectivity index (χ2n) is 7.02. The molecule has 1 aliphatic heterocycles.